The number of halogens is 1. The Hall–Kier alpha value is -2.53. The van der Waals surface area contributed by atoms with Gasteiger partial charge < -0.3 is 15.1 Å². The molecular formula is C21H24ClN3O2. The van der Waals surface area contributed by atoms with E-state index in [-0.39, 0.29) is 5.92 Å². The molecule has 142 valence electrons. The number of piperazine rings is 1. The highest BCUT2D eigenvalue weighted by atomic mass is 35.5. The summed E-state index contributed by atoms with van der Waals surface area (Å²) in [5.74, 6) is -0.809. The van der Waals surface area contributed by atoms with Gasteiger partial charge in [-0.25, -0.2) is 0 Å². The number of para-hydroxylation sites is 1. The molecule has 0 bridgehead atoms. The molecule has 2 aromatic carbocycles. The molecule has 1 N–H and O–H groups in total. The molecule has 0 aliphatic carbocycles. The van der Waals surface area contributed by atoms with Crippen LogP contribution >= 0.6 is 11.6 Å². The van der Waals surface area contributed by atoms with Gasteiger partial charge in [-0.3, -0.25) is 9.59 Å². The minimum absolute atomic E-state index is 0.262. The first-order valence-electron chi connectivity index (χ1n) is 9.15. The summed E-state index contributed by atoms with van der Waals surface area (Å²) in [6, 6.07) is 15.2. The van der Waals surface area contributed by atoms with Crippen LogP contribution in [0.2, 0.25) is 5.02 Å². The molecule has 1 aliphatic rings. The van der Waals surface area contributed by atoms with Gasteiger partial charge in [-0.1, -0.05) is 49.7 Å². The van der Waals surface area contributed by atoms with Gasteiger partial charge in [-0.15, -0.1) is 0 Å². The maximum atomic E-state index is 12.6. The average molecular weight is 386 g/mol. The lowest BCUT2D eigenvalue weighted by molar-refractivity contribution is -0.143. The first-order chi connectivity index (χ1) is 13.0. The normalized spacial score (nSPS) is 14.4. The topological polar surface area (TPSA) is 52.7 Å². The number of hydrogen-bond donors (Lipinski definition) is 1. The van der Waals surface area contributed by atoms with Crippen LogP contribution in [-0.4, -0.2) is 42.9 Å². The number of anilines is 2. The Morgan fingerprint density at radius 1 is 1.00 bits per heavy atom. The fourth-order valence-electron chi connectivity index (χ4n) is 3.27. The Morgan fingerprint density at radius 3 is 2.37 bits per heavy atom. The fourth-order valence-corrected chi connectivity index (χ4v) is 3.46. The van der Waals surface area contributed by atoms with Crippen LogP contribution in [-0.2, 0) is 9.59 Å². The van der Waals surface area contributed by atoms with E-state index in [1.165, 1.54) is 0 Å². The van der Waals surface area contributed by atoms with E-state index in [9.17, 15) is 9.59 Å². The molecule has 0 unspecified atom stereocenters. The third-order valence-corrected chi connectivity index (χ3v) is 5.00. The molecule has 1 heterocycles. The maximum Gasteiger partial charge on any atom is 0.313 e. The van der Waals surface area contributed by atoms with E-state index >= 15 is 0 Å². The number of hydrogen-bond acceptors (Lipinski definition) is 3. The number of amides is 2. The zero-order valence-corrected chi connectivity index (χ0v) is 16.4. The zero-order valence-electron chi connectivity index (χ0n) is 15.6. The van der Waals surface area contributed by atoms with Crippen molar-refractivity contribution in [3.63, 3.8) is 0 Å². The molecule has 1 fully saturated rings. The highest BCUT2D eigenvalue weighted by molar-refractivity contribution is 6.39. The van der Waals surface area contributed by atoms with Crippen molar-refractivity contribution in [1.29, 1.82) is 0 Å². The summed E-state index contributed by atoms with van der Waals surface area (Å²) in [6.07, 6.45) is 0. The van der Waals surface area contributed by atoms with Gasteiger partial charge in [0.15, 0.2) is 0 Å². The molecule has 0 aromatic heterocycles. The largest absolute Gasteiger partial charge is 0.368 e. The van der Waals surface area contributed by atoms with Crippen molar-refractivity contribution in [2.45, 2.75) is 19.8 Å². The van der Waals surface area contributed by atoms with Gasteiger partial charge in [0.1, 0.15) is 0 Å². The Morgan fingerprint density at radius 2 is 1.70 bits per heavy atom. The van der Waals surface area contributed by atoms with E-state index in [4.69, 9.17) is 11.6 Å². The second kappa shape index (κ2) is 8.44. The smallest absolute Gasteiger partial charge is 0.313 e. The first-order valence-corrected chi connectivity index (χ1v) is 9.53. The molecule has 3 rings (SSSR count). The minimum atomic E-state index is -0.584. The average Bonchev–Trinajstić information content (AvgIpc) is 2.67. The van der Waals surface area contributed by atoms with E-state index in [0.717, 1.165) is 11.3 Å². The second-order valence-corrected chi connectivity index (χ2v) is 7.39. The van der Waals surface area contributed by atoms with Crippen molar-refractivity contribution >= 4 is 34.8 Å². The van der Waals surface area contributed by atoms with Crippen LogP contribution in [0.25, 0.3) is 0 Å². The lowest BCUT2D eigenvalue weighted by Crippen LogP contribution is -2.51. The minimum Gasteiger partial charge on any atom is -0.368 e. The summed E-state index contributed by atoms with van der Waals surface area (Å²) in [6.45, 7) is 6.46. The summed E-state index contributed by atoms with van der Waals surface area (Å²) in [7, 11) is 0. The molecule has 0 atom stereocenters. The number of nitrogens with zero attached hydrogens (tertiary/aromatic N) is 2. The van der Waals surface area contributed by atoms with E-state index in [2.05, 4.69) is 24.1 Å². The highest BCUT2D eigenvalue weighted by Gasteiger charge is 2.26. The molecule has 5 nitrogen and oxygen atoms in total. The van der Waals surface area contributed by atoms with Crippen molar-refractivity contribution in [1.82, 2.24) is 4.90 Å². The number of carbonyl (C=O) groups excluding carboxylic acids is 2. The Bertz CT molecular complexity index is 830. The van der Waals surface area contributed by atoms with Gasteiger partial charge in [-0.05, 0) is 35.7 Å². The molecule has 2 amide bonds. The van der Waals surface area contributed by atoms with Crippen LogP contribution < -0.4 is 10.2 Å². The Balaban J connectivity index is 1.60. The monoisotopic (exact) mass is 385 g/mol. The number of carbonyl (C=O) groups is 2. The summed E-state index contributed by atoms with van der Waals surface area (Å²) < 4.78 is 0. The van der Waals surface area contributed by atoms with E-state index < -0.39 is 11.8 Å². The standard InChI is InChI=1S/C21H24ClN3O2/c1-15(2)18-8-3-4-9-19(18)23-20(26)21(27)25-12-10-24(11-13-25)17-7-5-6-16(22)14-17/h3-9,14-15H,10-13H2,1-2H3,(H,23,26). The van der Waals surface area contributed by atoms with Gasteiger partial charge in [0.25, 0.3) is 0 Å². The van der Waals surface area contributed by atoms with Crippen LogP contribution in [0, 0.1) is 0 Å². The molecule has 2 aromatic rings. The van der Waals surface area contributed by atoms with Crippen molar-refractivity contribution < 1.29 is 9.59 Å². The van der Waals surface area contributed by atoms with Gasteiger partial charge in [0.05, 0.1) is 0 Å². The van der Waals surface area contributed by atoms with Gasteiger partial charge >= 0.3 is 11.8 Å². The predicted octanol–water partition coefficient (Wildman–Crippen LogP) is 3.75. The molecule has 1 aliphatic heterocycles. The fraction of sp³-hybridized carbons (Fsp3) is 0.333. The number of rotatable bonds is 3. The molecule has 0 radical (unpaired) electrons. The van der Waals surface area contributed by atoms with Gasteiger partial charge in [-0.2, -0.15) is 0 Å². The molecule has 6 heteroatoms. The van der Waals surface area contributed by atoms with Crippen LogP contribution in [0.1, 0.15) is 25.3 Å². The lowest BCUT2D eigenvalue weighted by atomic mass is 10.0. The highest BCUT2D eigenvalue weighted by Crippen LogP contribution is 2.24. The predicted molar refractivity (Wildman–Crippen MR) is 109 cm³/mol. The first kappa shape index (κ1) is 19.2. The van der Waals surface area contributed by atoms with Crippen LogP contribution in [0.15, 0.2) is 48.5 Å². The zero-order chi connectivity index (χ0) is 19.4. The van der Waals surface area contributed by atoms with E-state index in [0.29, 0.717) is 36.9 Å². The van der Waals surface area contributed by atoms with Crippen molar-refractivity contribution in [3.8, 4) is 0 Å². The van der Waals surface area contributed by atoms with Crippen LogP contribution in [0.3, 0.4) is 0 Å². The summed E-state index contributed by atoms with van der Waals surface area (Å²) in [4.78, 5) is 28.8. The van der Waals surface area contributed by atoms with Crippen molar-refractivity contribution in [2.75, 3.05) is 36.4 Å². The van der Waals surface area contributed by atoms with Crippen molar-refractivity contribution in [2.24, 2.45) is 0 Å². The van der Waals surface area contributed by atoms with Crippen molar-refractivity contribution in [3.05, 3.63) is 59.1 Å². The Kier molecular flexibility index (Phi) is 6.01. The third-order valence-electron chi connectivity index (χ3n) is 4.77. The third kappa shape index (κ3) is 4.61. The lowest BCUT2D eigenvalue weighted by Gasteiger charge is -2.35. The summed E-state index contributed by atoms with van der Waals surface area (Å²) >= 11 is 6.05. The molecule has 0 saturated carbocycles. The van der Waals surface area contributed by atoms with Gasteiger partial charge in [0, 0.05) is 42.6 Å². The number of nitrogens with one attached hydrogen (secondary N) is 1. The number of benzene rings is 2. The van der Waals surface area contributed by atoms with E-state index in [1.54, 1.807) is 4.90 Å². The maximum absolute atomic E-state index is 12.6. The molecule has 0 spiro atoms. The van der Waals surface area contributed by atoms with E-state index in [1.807, 2.05) is 48.5 Å². The quantitative estimate of drug-likeness (QED) is 0.818. The van der Waals surface area contributed by atoms with Crippen LogP contribution in [0.5, 0.6) is 0 Å². The summed E-state index contributed by atoms with van der Waals surface area (Å²) in [5, 5.41) is 3.47. The second-order valence-electron chi connectivity index (χ2n) is 6.96. The SMILES string of the molecule is CC(C)c1ccccc1NC(=O)C(=O)N1CCN(c2cccc(Cl)c2)CC1. The van der Waals surface area contributed by atoms with Gasteiger partial charge in [0.2, 0.25) is 0 Å². The van der Waals surface area contributed by atoms with Crippen LogP contribution in [0.4, 0.5) is 11.4 Å². The Labute approximate surface area is 164 Å². The summed E-state index contributed by atoms with van der Waals surface area (Å²) in [5.41, 5.74) is 2.75. The molecule has 1 saturated heterocycles. The molecular weight excluding hydrogens is 362 g/mol. The molecule has 27 heavy (non-hydrogen) atoms.